The molecule has 1 atom stereocenters. The van der Waals surface area contributed by atoms with E-state index >= 15 is 0 Å². The second-order valence-electron chi connectivity index (χ2n) is 6.54. The summed E-state index contributed by atoms with van der Waals surface area (Å²) in [5, 5.41) is 10.3. The fraction of sp³-hybridized carbons (Fsp3) is 1.00. The molecule has 5 heteroatoms. The molecule has 0 spiro atoms. The Hall–Kier alpha value is -0.130. The zero-order chi connectivity index (χ0) is 13.9. The van der Waals surface area contributed by atoms with Crippen LogP contribution in [0.4, 0.5) is 0 Å². The highest BCUT2D eigenvalue weighted by molar-refractivity contribution is 7.91. The van der Waals surface area contributed by atoms with Crippen molar-refractivity contribution in [3.63, 3.8) is 0 Å². The summed E-state index contributed by atoms with van der Waals surface area (Å²) in [5.74, 6) is 1.10. The summed E-state index contributed by atoms with van der Waals surface area (Å²) < 4.78 is 22.8. The highest BCUT2D eigenvalue weighted by Crippen LogP contribution is 2.32. The molecule has 2 rings (SSSR count). The molecular formula is C14H27NO3S. The van der Waals surface area contributed by atoms with Gasteiger partial charge in [-0.1, -0.05) is 12.8 Å². The summed E-state index contributed by atoms with van der Waals surface area (Å²) in [4.78, 5) is 2.24. The molecule has 4 nitrogen and oxygen atoms in total. The van der Waals surface area contributed by atoms with E-state index in [-0.39, 0.29) is 0 Å². The normalized spacial score (nSPS) is 29.1. The molecule has 1 heterocycles. The lowest BCUT2D eigenvalue weighted by Gasteiger charge is -2.26. The minimum Gasteiger partial charge on any atom is -0.390 e. The fourth-order valence-electron chi connectivity index (χ4n) is 3.30. The maximum Gasteiger partial charge on any atom is 0.150 e. The van der Waals surface area contributed by atoms with Crippen LogP contribution in [0.25, 0.3) is 0 Å². The van der Waals surface area contributed by atoms with Gasteiger partial charge >= 0.3 is 0 Å². The van der Waals surface area contributed by atoms with Crippen LogP contribution in [0.1, 0.15) is 44.9 Å². The highest BCUT2D eigenvalue weighted by atomic mass is 32.2. The van der Waals surface area contributed by atoms with Crippen molar-refractivity contribution in [3.8, 4) is 0 Å². The lowest BCUT2D eigenvalue weighted by Crippen LogP contribution is -2.32. The zero-order valence-corrected chi connectivity index (χ0v) is 12.8. The number of hydrogen-bond acceptors (Lipinski definition) is 4. The van der Waals surface area contributed by atoms with Gasteiger partial charge in [-0.2, -0.15) is 0 Å². The molecule has 2 aliphatic rings. The second-order valence-corrected chi connectivity index (χ2v) is 8.77. The Labute approximate surface area is 117 Å². The van der Waals surface area contributed by atoms with Gasteiger partial charge in [0.2, 0.25) is 0 Å². The fourth-order valence-corrected chi connectivity index (χ4v) is 5.21. The van der Waals surface area contributed by atoms with Crippen LogP contribution in [0, 0.1) is 5.92 Å². The van der Waals surface area contributed by atoms with E-state index in [9.17, 15) is 13.5 Å². The van der Waals surface area contributed by atoms with E-state index in [1.807, 2.05) is 0 Å². The molecule has 2 fully saturated rings. The van der Waals surface area contributed by atoms with Gasteiger partial charge in [-0.25, -0.2) is 8.42 Å². The average Bonchev–Trinajstić information content (AvgIpc) is 2.91. The molecule has 0 aromatic heterocycles. The molecule has 1 unspecified atom stereocenters. The first kappa shape index (κ1) is 15.3. The van der Waals surface area contributed by atoms with Crippen LogP contribution in [0.15, 0.2) is 0 Å². The Balaban J connectivity index is 1.63. The monoisotopic (exact) mass is 289 g/mol. The van der Waals surface area contributed by atoms with Crippen molar-refractivity contribution < 1.29 is 13.5 Å². The van der Waals surface area contributed by atoms with Gasteiger partial charge < -0.3 is 10.0 Å². The third-order valence-corrected chi connectivity index (χ3v) is 6.58. The van der Waals surface area contributed by atoms with Crippen molar-refractivity contribution in [2.45, 2.75) is 50.5 Å². The minimum absolute atomic E-state index is 0.349. The van der Waals surface area contributed by atoms with Gasteiger partial charge in [0.05, 0.1) is 17.1 Å². The largest absolute Gasteiger partial charge is 0.390 e. The number of sulfone groups is 1. The molecular weight excluding hydrogens is 262 g/mol. The topological polar surface area (TPSA) is 57.6 Å². The Morgan fingerprint density at radius 3 is 2.53 bits per heavy atom. The van der Waals surface area contributed by atoms with E-state index < -0.39 is 15.4 Å². The molecule has 112 valence electrons. The van der Waals surface area contributed by atoms with E-state index in [1.54, 1.807) is 0 Å². The highest BCUT2D eigenvalue weighted by Gasteiger charge is 2.31. The standard InChI is InChI=1S/C14H27NO3S/c1-15(10-8-14(16)6-2-3-7-14)9-4-13-5-11-19(17,18)12-13/h13,16H,2-12H2,1H3. The summed E-state index contributed by atoms with van der Waals surface area (Å²) in [6.07, 6.45) is 6.85. The average molecular weight is 289 g/mol. The van der Waals surface area contributed by atoms with Gasteiger partial charge in [-0.15, -0.1) is 0 Å². The predicted molar refractivity (Wildman–Crippen MR) is 76.9 cm³/mol. The van der Waals surface area contributed by atoms with E-state index in [2.05, 4.69) is 11.9 Å². The molecule has 1 N–H and O–H groups in total. The van der Waals surface area contributed by atoms with Gasteiger partial charge in [0, 0.05) is 6.54 Å². The Bertz CT molecular complexity index is 387. The van der Waals surface area contributed by atoms with Crippen LogP contribution in [-0.2, 0) is 9.84 Å². The second kappa shape index (κ2) is 6.10. The third-order valence-electron chi connectivity index (χ3n) is 4.74. The van der Waals surface area contributed by atoms with Crippen molar-refractivity contribution >= 4 is 9.84 Å². The maximum absolute atomic E-state index is 11.4. The number of rotatable bonds is 6. The van der Waals surface area contributed by atoms with Crippen molar-refractivity contribution in [2.75, 3.05) is 31.6 Å². The number of aliphatic hydroxyl groups is 1. The molecule has 0 aromatic carbocycles. The Kier molecular flexibility index (Phi) is 4.90. The molecule has 19 heavy (non-hydrogen) atoms. The van der Waals surface area contributed by atoms with Crippen molar-refractivity contribution in [2.24, 2.45) is 5.92 Å². The number of nitrogens with zero attached hydrogens (tertiary/aromatic N) is 1. The lowest BCUT2D eigenvalue weighted by atomic mass is 9.97. The lowest BCUT2D eigenvalue weighted by molar-refractivity contribution is 0.0300. The SMILES string of the molecule is CN(CCC1CCS(=O)(=O)C1)CCC1(O)CCCC1. The number of hydrogen-bond donors (Lipinski definition) is 1. The Morgan fingerprint density at radius 1 is 1.26 bits per heavy atom. The summed E-state index contributed by atoms with van der Waals surface area (Å²) in [6.45, 7) is 1.85. The smallest absolute Gasteiger partial charge is 0.150 e. The first-order valence-electron chi connectivity index (χ1n) is 7.50. The minimum atomic E-state index is -2.74. The molecule has 1 saturated carbocycles. The van der Waals surface area contributed by atoms with Crippen LogP contribution >= 0.6 is 0 Å². The van der Waals surface area contributed by atoms with Gasteiger partial charge in [-0.3, -0.25) is 0 Å². The van der Waals surface area contributed by atoms with Crippen molar-refractivity contribution in [3.05, 3.63) is 0 Å². The van der Waals surface area contributed by atoms with Crippen LogP contribution in [0.2, 0.25) is 0 Å². The molecule has 1 saturated heterocycles. The van der Waals surface area contributed by atoms with E-state index in [1.165, 1.54) is 0 Å². The quantitative estimate of drug-likeness (QED) is 0.804. The first-order valence-corrected chi connectivity index (χ1v) is 9.32. The van der Waals surface area contributed by atoms with Gasteiger partial charge in [0.25, 0.3) is 0 Å². The first-order chi connectivity index (χ1) is 8.89. The molecule has 1 aliphatic carbocycles. The molecule has 0 amide bonds. The van der Waals surface area contributed by atoms with Gasteiger partial charge in [-0.05, 0) is 51.6 Å². The summed E-state index contributed by atoms with van der Waals surface area (Å²) >= 11 is 0. The zero-order valence-electron chi connectivity index (χ0n) is 12.0. The summed E-state index contributed by atoms with van der Waals surface area (Å²) in [5.41, 5.74) is -0.426. The van der Waals surface area contributed by atoms with Crippen LogP contribution in [-0.4, -0.2) is 55.7 Å². The van der Waals surface area contributed by atoms with Gasteiger partial charge in [0.15, 0.2) is 9.84 Å². The predicted octanol–water partition coefficient (Wildman–Crippen LogP) is 1.44. The van der Waals surface area contributed by atoms with Gasteiger partial charge in [0.1, 0.15) is 0 Å². The molecule has 0 bridgehead atoms. The van der Waals surface area contributed by atoms with Crippen LogP contribution in [0.3, 0.4) is 0 Å². The third kappa shape index (κ3) is 4.72. The maximum atomic E-state index is 11.4. The molecule has 1 aliphatic heterocycles. The van der Waals surface area contributed by atoms with Crippen LogP contribution in [0.5, 0.6) is 0 Å². The summed E-state index contributed by atoms with van der Waals surface area (Å²) in [7, 11) is -0.666. The van der Waals surface area contributed by atoms with Crippen molar-refractivity contribution in [1.29, 1.82) is 0 Å². The van der Waals surface area contributed by atoms with E-state index in [4.69, 9.17) is 0 Å². The summed E-state index contributed by atoms with van der Waals surface area (Å²) in [6, 6.07) is 0. The molecule has 0 radical (unpaired) electrons. The van der Waals surface area contributed by atoms with Crippen LogP contribution < -0.4 is 0 Å². The van der Waals surface area contributed by atoms with E-state index in [0.29, 0.717) is 17.4 Å². The molecule has 0 aromatic rings. The van der Waals surface area contributed by atoms with E-state index in [0.717, 1.165) is 58.0 Å². The van der Waals surface area contributed by atoms with Crippen molar-refractivity contribution in [1.82, 2.24) is 4.90 Å². The Morgan fingerprint density at radius 2 is 1.95 bits per heavy atom.